The number of hydrogen-bond acceptors (Lipinski definition) is 3. The molecule has 4 heteroatoms. The molecule has 0 N–H and O–H groups in total. The van der Waals surface area contributed by atoms with Gasteiger partial charge in [-0.2, -0.15) is 5.26 Å². The predicted molar refractivity (Wildman–Crippen MR) is 75.9 cm³/mol. The largest absolute Gasteiger partial charge is 0.457 e. The fourth-order valence-corrected chi connectivity index (χ4v) is 2.84. The molecule has 1 atom stereocenters. The van der Waals surface area contributed by atoms with Crippen molar-refractivity contribution in [2.75, 3.05) is 6.54 Å². The van der Waals surface area contributed by atoms with E-state index < -0.39 is 0 Å². The molecule has 4 nitrogen and oxygen atoms in total. The zero-order valence-electron chi connectivity index (χ0n) is 11.2. The highest BCUT2D eigenvalue weighted by Crippen LogP contribution is 2.45. The second kappa shape index (κ2) is 4.35. The molecule has 0 aromatic heterocycles. The molecule has 2 aromatic carbocycles. The average molecular weight is 276 g/mol. The summed E-state index contributed by atoms with van der Waals surface area (Å²) in [6, 6.07) is 17.0. The molecule has 0 spiro atoms. The topological polar surface area (TPSA) is 53.1 Å². The molecule has 102 valence electrons. The molecule has 0 bridgehead atoms. The van der Waals surface area contributed by atoms with Gasteiger partial charge in [-0.05, 0) is 12.1 Å². The summed E-state index contributed by atoms with van der Waals surface area (Å²) in [6.45, 7) is 0.525. The van der Waals surface area contributed by atoms with Crippen LogP contribution in [0, 0.1) is 11.3 Å². The van der Waals surface area contributed by atoms with Crippen LogP contribution in [0.3, 0.4) is 0 Å². The maximum atomic E-state index is 12.8. The van der Waals surface area contributed by atoms with E-state index in [4.69, 9.17) is 10.00 Å². The third-order valence-electron chi connectivity index (χ3n) is 3.97. The van der Waals surface area contributed by atoms with E-state index in [9.17, 15) is 4.79 Å². The first-order valence-corrected chi connectivity index (χ1v) is 6.85. The maximum absolute atomic E-state index is 12.8. The Bertz CT molecular complexity index is 733. The first kappa shape index (κ1) is 12.0. The van der Waals surface area contributed by atoms with Crippen molar-refractivity contribution >= 4 is 5.91 Å². The molecule has 1 saturated heterocycles. The van der Waals surface area contributed by atoms with E-state index in [1.54, 1.807) is 4.90 Å². The molecule has 2 heterocycles. The van der Waals surface area contributed by atoms with E-state index in [1.807, 2.05) is 48.5 Å². The maximum Gasteiger partial charge on any atom is 0.236 e. The highest BCUT2D eigenvalue weighted by molar-refractivity contribution is 5.91. The summed E-state index contributed by atoms with van der Waals surface area (Å²) in [5, 5.41) is 8.95. The number of benzene rings is 2. The smallest absolute Gasteiger partial charge is 0.236 e. The molecule has 0 saturated carbocycles. The summed E-state index contributed by atoms with van der Waals surface area (Å²) in [7, 11) is 0. The fourth-order valence-electron chi connectivity index (χ4n) is 2.84. The highest BCUT2D eigenvalue weighted by Gasteiger charge is 2.44. The van der Waals surface area contributed by atoms with Crippen molar-refractivity contribution in [3.05, 3.63) is 59.7 Å². The Hall–Kier alpha value is -2.80. The van der Waals surface area contributed by atoms with Gasteiger partial charge in [-0.25, -0.2) is 0 Å². The van der Waals surface area contributed by atoms with E-state index in [1.165, 1.54) is 0 Å². The SMILES string of the molecule is N#CC1CN1C(=O)C1c2ccccc2Oc2ccccc21. The summed E-state index contributed by atoms with van der Waals surface area (Å²) >= 11 is 0. The zero-order valence-corrected chi connectivity index (χ0v) is 11.2. The summed E-state index contributed by atoms with van der Waals surface area (Å²) < 4.78 is 5.88. The molecule has 2 aliphatic heterocycles. The Morgan fingerprint density at radius 3 is 2.19 bits per heavy atom. The Labute approximate surface area is 122 Å². The molecular weight excluding hydrogens is 264 g/mol. The van der Waals surface area contributed by atoms with Gasteiger partial charge >= 0.3 is 0 Å². The molecule has 1 amide bonds. The number of nitriles is 1. The van der Waals surface area contributed by atoms with Gasteiger partial charge in [0.1, 0.15) is 17.5 Å². The second-order valence-electron chi connectivity index (χ2n) is 5.25. The van der Waals surface area contributed by atoms with Gasteiger partial charge in [0.2, 0.25) is 5.91 Å². The fraction of sp³-hybridized carbons (Fsp3) is 0.176. The van der Waals surface area contributed by atoms with E-state index in [0.29, 0.717) is 18.0 Å². The van der Waals surface area contributed by atoms with Crippen molar-refractivity contribution < 1.29 is 9.53 Å². The van der Waals surface area contributed by atoms with Gasteiger partial charge < -0.3 is 9.64 Å². The summed E-state index contributed by atoms with van der Waals surface area (Å²) in [4.78, 5) is 14.4. The lowest BCUT2D eigenvalue weighted by atomic mass is 9.87. The van der Waals surface area contributed by atoms with Crippen molar-refractivity contribution in [1.29, 1.82) is 5.26 Å². The van der Waals surface area contributed by atoms with Gasteiger partial charge in [-0.3, -0.25) is 4.79 Å². The number of rotatable bonds is 1. The van der Waals surface area contributed by atoms with Crippen LogP contribution in [0.5, 0.6) is 11.5 Å². The molecule has 1 fully saturated rings. The minimum atomic E-state index is -0.385. The minimum Gasteiger partial charge on any atom is -0.457 e. The van der Waals surface area contributed by atoms with E-state index >= 15 is 0 Å². The van der Waals surface area contributed by atoms with Crippen molar-refractivity contribution in [3.63, 3.8) is 0 Å². The van der Waals surface area contributed by atoms with Gasteiger partial charge in [-0.1, -0.05) is 36.4 Å². The molecule has 2 aliphatic rings. The normalized spacial score (nSPS) is 19.0. The highest BCUT2D eigenvalue weighted by atomic mass is 16.5. The third-order valence-corrected chi connectivity index (χ3v) is 3.97. The Morgan fingerprint density at radius 1 is 1.10 bits per heavy atom. The van der Waals surface area contributed by atoms with E-state index in [0.717, 1.165) is 11.1 Å². The minimum absolute atomic E-state index is 0.0234. The van der Waals surface area contributed by atoms with Gasteiger partial charge in [0, 0.05) is 11.1 Å². The van der Waals surface area contributed by atoms with Gasteiger partial charge in [0.15, 0.2) is 0 Å². The van der Waals surface area contributed by atoms with Crippen molar-refractivity contribution in [3.8, 4) is 17.6 Å². The molecule has 0 radical (unpaired) electrons. The summed E-state index contributed by atoms with van der Waals surface area (Å²) in [5.74, 6) is 1.02. The van der Waals surface area contributed by atoms with E-state index in [-0.39, 0.29) is 17.9 Å². The number of hydrogen-bond donors (Lipinski definition) is 0. The molecule has 1 unspecified atom stereocenters. The molecule has 0 aliphatic carbocycles. The second-order valence-corrected chi connectivity index (χ2v) is 5.25. The standard InChI is InChI=1S/C17H12N2O2/c18-9-11-10-19(11)17(20)16-12-5-1-3-7-14(12)21-15-8-4-2-6-13(15)16/h1-8,11,16H,10H2. The van der Waals surface area contributed by atoms with Crippen molar-refractivity contribution in [2.24, 2.45) is 0 Å². The quantitative estimate of drug-likeness (QED) is 0.752. The lowest BCUT2D eigenvalue weighted by Gasteiger charge is -2.27. The Balaban J connectivity index is 1.82. The summed E-state index contributed by atoms with van der Waals surface area (Å²) in [6.07, 6.45) is 0. The lowest BCUT2D eigenvalue weighted by molar-refractivity contribution is -0.126. The predicted octanol–water partition coefficient (Wildman–Crippen LogP) is 2.66. The number of carbonyl (C=O) groups excluding carboxylic acids is 1. The average Bonchev–Trinajstić information content (AvgIpc) is 3.31. The number of ether oxygens (including phenoxy) is 1. The van der Waals surface area contributed by atoms with Crippen LogP contribution in [-0.4, -0.2) is 23.4 Å². The van der Waals surface area contributed by atoms with Crippen molar-refractivity contribution in [1.82, 2.24) is 4.90 Å². The van der Waals surface area contributed by atoms with Crippen LogP contribution in [0.15, 0.2) is 48.5 Å². The van der Waals surface area contributed by atoms with Crippen LogP contribution in [0.1, 0.15) is 17.0 Å². The number of para-hydroxylation sites is 2. The van der Waals surface area contributed by atoms with Crippen LogP contribution in [0.25, 0.3) is 0 Å². The number of fused-ring (bicyclic) bond motifs is 2. The molecule has 2 aromatic rings. The van der Waals surface area contributed by atoms with Gasteiger partial charge in [0.25, 0.3) is 0 Å². The molecular formula is C17H12N2O2. The van der Waals surface area contributed by atoms with Gasteiger partial charge in [0.05, 0.1) is 18.5 Å². The molecule has 4 rings (SSSR count). The monoisotopic (exact) mass is 276 g/mol. The van der Waals surface area contributed by atoms with E-state index in [2.05, 4.69) is 6.07 Å². The number of amides is 1. The Kier molecular flexibility index (Phi) is 2.48. The molecule has 21 heavy (non-hydrogen) atoms. The lowest BCUT2D eigenvalue weighted by Crippen LogP contribution is -2.25. The third kappa shape index (κ3) is 1.78. The van der Waals surface area contributed by atoms with Gasteiger partial charge in [-0.15, -0.1) is 0 Å². The summed E-state index contributed by atoms with van der Waals surface area (Å²) in [5.41, 5.74) is 1.73. The van der Waals surface area contributed by atoms with Crippen LogP contribution in [0.4, 0.5) is 0 Å². The van der Waals surface area contributed by atoms with Crippen molar-refractivity contribution in [2.45, 2.75) is 12.0 Å². The number of carbonyl (C=O) groups is 1. The first-order chi connectivity index (χ1) is 10.3. The van der Waals surface area contributed by atoms with Crippen LogP contribution in [0.2, 0.25) is 0 Å². The Morgan fingerprint density at radius 2 is 1.67 bits per heavy atom. The number of nitrogens with zero attached hydrogens (tertiary/aromatic N) is 2. The first-order valence-electron chi connectivity index (χ1n) is 6.85. The van der Waals surface area contributed by atoms with Crippen LogP contribution < -0.4 is 4.74 Å². The van der Waals surface area contributed by atoms with Crippen LogP contribution >= 0.6 is 0 Å². The van der Waals surface area contributed by atoms with Crippen LogP contribution in [-0.2, 0) is 4.79 Å². The zero-order chi connectivity index (χ0) is 14.4.